The molecule has 0 bridgehead atoms. The first-order valence-electron chi connectivity index (χ1n) is 13.4. The summed E-state index contributed by atoms with van der Waals surface area (Å²) < 4.78 is 0. The van der Waals surface area contributed by atoms with Crippen LogP contribution in [0.4, 0.5) is 0 Å². The van der Waals surface area contributed by atoms with Crippen molar-refractivity contribution in [2.75, 3.05) is 0 Å². The van der Waals surface area contributed by atoms with Crippen molar-refractivity contribution >= 4 is 45.8 Å². The van der Waals surface area contributed by atoms with Gasteiger partial charge in [0.05, 0.1) is 11.4 Å². The minimum absolute atomic E-state index is 0.936. The van der Waals surface area contributed by atoms with E-state index in [4.69, 9.17) is 0 Å². The molecular weight excluding hydrogens is 484 g/mol. The first-order chi connectivity index (χ1) is 19.6. The molecule has 0 N–H and O–H groups in total. The Morgan fingerprint density at radius 3 is 1.30 bits per heavy atom. The zero-order valence-corrected chi connectivity index (χ0v) is 22.6. The molecule has 0 saturated carbocycles. The maximum Gasteiger partial charge on any atom is 0.0636 e. The molecule has 2 aromatic heterocycles. The Bertz CT molecular complexity index is 1810. The third-order valence-electron chi connectivity index (χ3n) is 6.88. The van der Waals surface area contributed by atoms with Gasteiger partial charge in [-0.2, -0.15) is 0 Å². The van der Waals surface area contributed by atoms with Crippen LogP contribution in [0.2, 0.25) is 0 Å². The third kappa shape index (κ3) is 6.07. The molecular formula is C38H28N2. The van der Waals surface area contributed by atoms with E-state index in [1.54, 1.807) is 0 Å². The van der Waals surface area contributed by atoms with Gasteiger partial charge in [0.1, 0.15) is 0 Å². The van der Waals surface area contributed by atoms with E-state index in [0.29, 0.717) is 0 Å². The summed E-state index contributed by atoms with van der Waals surface area (Å²) in [5.74, 6) is 6.63. The van der Waals surface area contributed by atoms with E-state index in [1.165, 1.54) is 11.1 Å². The normalized spacial score (nSPS) is 11.3. The molecule has 6 rings (SSSR count). The summed E-state index contributed by atoms with van der Waals surface area (Å²) in [5, 5.41) is 4.45. The minimum atomic E-state index is 0.936. The summed E-state index contributed by atoms with van der Waals surface area (Å²) in [6.07, 6.45) is 12.1. The van der Waals surface area contributed by atoms with Crippen molar-refractivity contribution in [3.05, 3.63) is 154 Å². The van der Waals surface area contributed by atoms with Crippen molar-refractivity contribution < 1.29 is 0 Å². The highest BCUT2D eigenvalue weighted by molar-refractivity contribution is 5.87. The van der Waals surface area contributed by atoms with Gasteiger partial charge in [0.15, 0.2) is 0 Å². The molecule has 0 aliphatic carbocycles. The maximum atomic E-state index is 4.63. The van der Waals surface area contributed by atoms with E-state index in [-0.39, 0.29) is 0 Å². The van der Waals surface area contributed by atoms with Gasteiger partial charge in [-0.15, -0.1) is 0 Å². The summed E-state index contributed by atoms with van der Waals surface area (Å²) >= 11 is 0. The second-order valence-electron chi connectivity index (χ2n) is 10.1. The molecule has 40 heavy (non-hydrogen) atoms. The molecule has 0 spiro atoms. The van der Waals surface area contributed by atoms with Crippen LogP contribution in [0.5, 0.6) is 0 Å². The molecule has 0 amide bonds. The lowest BCUT2D eigenvalue weighted by atomic mass is 10.1. The van der Waals surface area contributed by atoms with Gasteiger partial charge < -0.3 is 0 Å². The molecule has 2 heteroatoms. The Kier molecular flexibility index (Phi) is 7.03. The maximum absolute atomic E-state index is 4.63. The van der Waals surface area contributed by atoms with E-state index in [2.05, 4.69) is 157 Å². The van der Waals surface area contributed by atoms with Gasteiger partial charge >= 0.3 is 0 Å². The monoisotopic (exact) mass is 512 g/mol. The van der Waals surface area contributed by atoms with E-state index in [9.17, 15) is 0 Å². The van der Waals surface area contributed by atoms with Crippen molar-refractivity contribution in [1.82, 2.24) is 9.97 Å². The predicted molar refractivity (Wildman–Crippen MR) is 170 cm³/mol. The summed E-state index contributed by atoms with van der Waals surface area (Å²) in [4.78, 5) is 9.25. The smallest absolute Gasteiger partial charge is 0.0636 e. The molecule has 0 radical (unpaired) electrons. The van der Waals surface area contributed by atoms with E-state index in [1.807, 2.05) is 12.4 Å². The van der Waals surface area contributed by atoms with Crippen LogP contribution in [0.25, 0.3) is 45.8 Å². The second-order valence-corrected chi connectivity index (χ2v) is 10.1. The summed E-state index contributed by atoms with van der Waals surface area (Å²) in [6.45, 7) is 4.19. The zero-order valence-electron chi connectivity index (χ0n) is 22.6. The number of nitrogens with zero attached hydrogens (tertiary/aromatic N) is 2. The molecule has 2 heterocycles. The number of hydrogen-bond acceptors (Lipinski definition) is 2. The van der Waals surface area contributed by atoms with Crippen molar-refractivity contribution in [2.24, 2.45) is 0 Å². The number of rotatable bonds is 4. The fourth-order valence-corrected chi connectivity index (χ4v) is 4.52. The standard InChI is InChI=1S/C38H28N2/c1-27-3-7-29(8-4-27)15-19-37-23-33-17-13-31(21-35(33)25-39-37)11-12-32-14-18-34-24-38(40-26-36(34)22-32)20-16-30-9-5-28(2)6-10-30/h3-10,13-26H,1-2H3/b19-15+,20-16+. The molecule has 4 aromatic carbocycles. The van der Waals surface area contributed by atoms with Crippen molar-refractivity contribution in [3.63, 3.8) is 0 Å². The number of aryl methyl sites for hydroxylation is 2. The molecule has 0 aliphatic heterocycles. The lowest BCUT2D eigenvalue weighted by molar-refractivity contribution is 1.33. The number of fused-ring (bicyclic) bond motifs is 2. The van der Waals surface area contributed by atoms with Crippen LogP contribution >= 0.6 is 0 Å². The van der Waals surface area contributed by atoms with Crippen LogP contribution < -0.4 is 0 Å². The Hall–Kier alpha value is -5.26. The Balaban J connectivity index is 1.17. The molecule has 190 valence electrons. The van der Waals surface area contributed by atoms with Gasteiger partial charge in [-0.25, -0.2) is 0 Å². The van der Waals surface area contributed by atoms with E-state index < -0.39 is 0 Å². The number of benzene rings is 4. The third-order valence-corrected chi connectivity index (χ3v) is 6.88. The largest absolute Gasteiger partial charge is 0.256 e. The first kappa shape index (κ1) is 25.0. The van der Waals surface area contributed by atoms with Crippen LogP contribution in [0.15, 0.2) is 109 Å². The lowest BCUT2D eigenvalue weighted by Gasteiger charge is -2.02. The number of pyridine rings is 2. The highest BCUT2D eigenvalue weighted by Gasteiger charge is 2.00. The second kappa shape index (κ2) is 11.2. The topological polar surface area (TPSA) is 25.8 Å². The quantitative estimate of drug-likeness (QED) is 0.220. The fraction of sp³-hybridized carbons (Fsp3) is 0.0526. The molecule has 2 nitrogen and oxygen atoms in total. The Labute approximate surface area is 235 Å². The van der Waals surface area contributed by atoms with E-state index in [0.717, 1.165) is 55.2 Å². The highest BCUT2D eigenvalue weighted by atomic mass is 14.7. The van der Waals surface area contributed by atoms with E-state index >= 15 is 0 Å². The van der Waals surface area contributed by atoms with Crippen molar-refractivity contribution in [3.8, 4) is 11.8 Å². The number of hydrogen-bond donors (Lipinski definition) is 0. The molecule has 0 saturated heterocycles. The molecule has 0 atom stereocenters. The average Bonchev–Trinajstić information content (AvgIpc) is 2.99. The van der Waals surface area contributed by atoms with Gasteiger partial charge in [-0.3, -0.25) is 9.97 Å². The molecule has 0 fully saturated rings. The van der Waals surface area contributed by atoms with Crippen LogP contribution in [0.3, 0.4) is 0 Å². The molecule has 0 unspecified atom stereocenters. The average molecular weight is 513 g/mol. The zero-order chi connectivity index (χ0) is 27.3. The fourth-order valence-electron chi connectivity index (χ4n) is 4.52. The first-order valence-corrected chi connectivity index (χ1v) is 13.4. The summed E-state index contributed by atoms with van der Waals surface area (Å²) in [5.41, 5.74) is 8.65. The van der Waals surface area contributed by atoms with Crippen LogP contribution in [-0.4, -0.2) is 9.97 Å². The summed E-state index contributed by atoms with van der Waals surface area (Å²) in [6, 6.07) is 33.7. The molecule has 0 aliphatic rings. The molecule has 6 aromatic rings. The summed E-state index contributed by atoms with van der Waals surface area (Å²) in [7, 11) is 0. The Morgan fingerprint density at radius 2 is 0.875 bits per heavy atom. The Morgan fingerprint density at radius 1 is 0.450 bits per heavy atom. The SMILES string of the molecule is Cc1ccc(/C=C/c2cc3ccc(C#Cc4ccc5cc(/C=C/c6ccc(C)cc6)ncc5c4)cc3cn2)cc1. The lowest BCUT2D eigenvalue weighted by Crippen LogP contribution is -1.85. The predicted octanol–water partition coefficient (Wildman–Crippen LogP) is 9.14. The number of aromatic nitrogens is 2. The van der Waals surface area contributed by atoms with Gasteiger partial charge in [0, 0.05) is 34.3 Å². The van der Waals surface area contributed by atoms with Crippen molar-refractivity contribution in [2.45, 2.75) is 13.8 Å². The highest BCUT2D eigenvalue weighted by Crippen LogP contribution is 2.20. The van der Waals surface area contributed by atoms with Crippen LogP contribution in [-0.2, 0) is 0 Å². The van der Waals surface area contributed by atoms with Gasteiger partial charge in [0.25, 0.3) is 0 Å². The van der Waals surface area contributed by atoms with Gasteiger partial charge in [-0.1, -0.05) is 95.8 Å². The van der Waals surface area contributed by atoms with Crippen LogP contribution in [0, 0.1) is 25.7 Å². The minimum Gasteiger partial charge on any atom is -0.256 e. The van der Waals surface area contributed by atoms with Gasteiger partial charge in [-0.05, 0) is 84.3 Å². The van der Waals surface area contributed by atoms with Crippen LogP contribution in [0.1, 0.15) is 44.8 Å². The van der Waals surface area contributed by atoms with Crippen molar-refractivity contribution in [1.29, 1.82) is 0 Å². The van der Waals surface area contributed by atoms with Gasteiger partial charge in [0.2, 0.25) is 0 Å².